The van der Waals surface area contributed by atoms with Crippen LogP contribution in [0.3, 0.4) is 0 Å². The van der Waals surface area contributed by atoms with E-state index >= 15 is 0 Å². The van der Waals surface area contributed by atoms with Crippen molar-refractivity contribution in [1.29, 1.82) is 0 Å². The summed E-state index contributed by atoms with van der Waals surface area (Å²) in [5, 5.41) is 8.70. The van der Waals surface area contributed by atoms with Crippen molar-refractivity contribution in [3.8, 4) is 0 Å². The number of aryl methyl sites for hydroxylation is 1. The van der Waals surface area contributed by atoms with Crippen LogP contribution in [0.1, 0.15) is 17.6 Å². The average molecular weight is 250 g/mol. The van der Waals surface area contributed by atoms with Crippen molar-refractivity contribution in [2.24, 2.45) is 0 Å². The molecule has 0 aliphatic rings. The lowest BCUT2D eigenvalue weighted by Gasteiger charge is -2.10. The van der Waals surface area contributed by atoms with Gasteiger partial charge < -0.3 is 5.32 Å². The minimum Gasteiger partial charge on any atom is -0.358 e. The Kier molecular flexibility index (Phi) is 6.47. The molecule has 0 unspecified atom stereocenters. The van der Waals surface area contributed by atoms with Crippen LogP contribution in [-0.4, -0.2) is 24.0 Å². The maximum atomic E-state index is 11.1. The number of aromatic nitrogens is 1. The number of amides is 1. The van der Waals surface area contributed by atoms with Gasteiger partial charge in [0, 0.05) is 24.7 Å². The molecule has 0 bridgehead atoms. The Morgan fingerprint density at radius 3 is 2.80 bits per heavy atom. The van der Waals surface area contributed by atoms with Crippen LogP contribution in [0.25, 0.3) is 0 Å². The Morgan fingerprint density at radius 1 is 1.67 bits per heavy atom. The first-order chi connectivity index (χ1) is 6.63. The lowest BCUT2D eigenvalue weighted by molar-refractivity contribution is -0.122. The first-order valence-corrected chi connectivity index (χ1v) is 5.37. The monoisotopic (exact) mass is 249 g/mol. The Bertz CT molecular complexity index is 316. The Labute approximate surface area is 99.9 Å². The van der Waals surface area contributed by atoms with E-state index in [0.717, 1.165) is 10.7 Å². The summed E-state index contributed by atoms with van der Waals surface area (Å²) < 4.78 is 0. The third-order valence-corrected chi connectivity index (χ3v) is 2.83. The first-order valence-electron chi connectivity index (χ1n) is 4.49. The molecule has 4 nitrogen and oxygen atoms in total. The van der Waals surface area contributed by atoms with Crippen LogP contribution >= 0.6 is 23.7 Å². The zero-order valence-corrected chi connectivity index (χ0v) is 10.7. The van der Waals surface area contributed by atoms with Gasteiger partial charge in [-0.15, -0.1) is 23.7 Å². The lowest BCUT2D eigenvalue weighted by Crippen LogP contribution is -2.40. The number of hydrogen-bond donors (Lipinski definition) is 2. The van der Waals surface area contributed by atoms with Gasteiger partial charge in [-0.05, 0) is 13.8 Å². The molecule has 1 atom stereocenters. The number of carbonyl (C=O) groups excluding carboxylic acids is 1. The average Bonchev–Trinajstić information content (AvgIpc) is 2.59. The van der Waals surface area contributed by atoms with Crippen LogP contribution in [0.15, 0.2) is 5.38 Å². The largest absolute Gasteiger partial charge is 0.358 e. The van der Waals surface area contributed by atoms with Crippen molar-refractivity contribution in [2.45, 2.75) is 26.4 Å². The standard InChI is InChI=1S/C9H15N3OS.ClH/c1-6-5-14-8(12-6)4-11-7(2)9(13)10-3;/h5,7,11H,4H2,1-3H3,(H,10,13);1H/t7-;/m1./s1. The predicted molar refractivity (Wildman–Crippen MR) is 64.5 cm³/mol. The molecule has 1 heterocycles. The summed E-state index contributed by atoms with van der Waals surface area (Å²) in [5.74, 6) is -0.00159. The van der Waals surface area contributed by atoms with Gasteiger partial charge in [-0.1, -0.05) is 0 Å². The van der Waals surface area contributed by atoms with Crippen LogP contribution in [0, 0.1) is 6.92 Å². The van der Waals surface area contributed by atoms with Gasteiger partial charge in [0.2, 0.25) is 5.91 Å². The fourth-order valence-electron chi connectivity index (χ4n) is 1.03. The molecule has 0 spiro atoms. The minimum absolute atomic E-state index is 0. The van der Waals surface area contributed by atoms with Gasteiger partial charge in [0.25, 0.3) is 0 Å². The molecule has 1 amide bonds. The van der Waals surface area contributed by atoms with Gasteiger partial charge in [-0.2, -0.15) is 0 Å². The maximum absolute atomic E-state index is 11.1. The second-order valence-electron chi connectivity index (χ2n) is 3.10. The van der Waals surface area contributed by atoms with Crippen molar-refractivity contribution < 1.29 is 4.79 Å². The van der Waals surface area contributed by atoms with E-state index in [-0.39, 0.29) is 24.4 Å². The van der Waals surface area contributed by atoms with Crippen LogP contribution < -0.4 is 10.6 Å². The molecule has 0 saturated heterocycles. The van der Waals surface area contributed by atoms with Crippen molar-refractivity contribution in [3.63, 3.8) is 0 Å². The smallest absolute Gasteiger partial charge is 0.236 e. The van der Waals surface area contributed by atoms with Gasteiger partial charge in [0.15, 0.2) is 0 Å². The summed E-state index contributed by atoms with van der Waals surface area (Å²) in [7, 11) is 1.63. The van der Waals surface area contributed by atoms with Crippen LogP contribution in [0.2, 0.25) is 0 Å². The van der Waals surface area contributed by atoms with E-state index in [1.165, 1.54) is 0 Å². The molecule has 1 aromatic rings. The van der Waals surface area contributed by atoms with Crippen molar-refractivity contribution >= 4 is 29.7 Å². The van der Waals surface area contributed by atoms with Gasteiger partial charge >= 0.3 is 0 Å². The molecule has 0 aliphatic carbocycles. The second-order valence-corrected chi connectivity index (χ2v) is 4.04. The summed E-state index contributed by atoms with van der Waals surface area (Å²) in [6.45, 7) is 4.44. The number of halogens is 1. The number of rotatable bonds is 4. The van der Waals surface area contributed by atoms with E-state index in [9.17, 15) is 4.79 Å². The molecule has 86 valence electrons. The van der Waals surface area contributed by atoms with Crippen LogP contribution in [-0.2, 0) is 11.3 Å². The topological polar surface area (TPSA) is 54.0 Å². The van der Waals surface area contributed by atoms with Crippen molar-refractivity contribution in [2.75, 3.05) is 7.05 Å². The summed E-state index contributed by atoms with van der Waals surface area (Å²) >= 11 is 1.61. The number of thiazole rings is 1. The number of likely N-dealkylation sites (N-methyl/N-ethyl adjacent to an activating group) is 1. The quantitative estimate of drug-likeness (QED) is 0.840. The summed E-state index contributed by atoms with van der Waals surface area (Å²) in [4.78, 5) is 15.4. The zero-order valence-electron chi connectivity index (χ0n) is 9.03. The van der Waals surface area contributed by atoms with Crippen molar-refractivity contribution in [1.82, 2.24) is 15.6 Å². The zero-order chi connectivity index (χ0) is 10.6. The first kappa shape index (κ1) is 14.3. The molecular formula is C9H16ClN3OS. The fraction of sp³-hybridized carbons (Fsp3) is 0.556. The minimum atomic E-state index is -0.177. The molecule has 6 heteroatoms. The number of carbonyl (C=O) groups is 1. The molecule has 0 aromatic carbocycles. The molecule has 1 aromatic heterocycles. The number of nitrogens with zero attached hydrogens (tertiary/aromatic N) is 1. The molecule has 0 saturated carbocycles. The Balaban J connectivity index is 0.00000196. The van der Waals surface area contributed by atoms with E-state index in [1.807, 2.05) is 19.2 Å². The summed E-state index contributed by atoms with van der Waals surface area (Å²) in [6, 6.07) is -0.177. The van der Waals surface area contributed by atoms with Crippen LogP contribution in [0.5, 0.6) is 0 Å². The van der Waals surface area contributed by atoms with Gasteiger partial charge in [0.1, 0.15) is 5.01 Å². The maximum Gasteiger partial charge on any atom is 0.236 e. The highest BCUT2D eigenvalue weighted by atomic mass is 35.5. The number of hydrogen-bond acceptors (Lipinski definition) is 4. The SMILES string of the molecule is CNC(=O)[C@@H](C)NCc1nc(C)cs1.Cl. The lowest BCUT2D eigenvalue weighted by atomic mass is 10.3. The fourth-order valence-corrected chi connectivity index (χ4v) is 1.76. The molecule has 15 heavy (non-hydrogen) atoms. The van der Waals surface area contributed by atoms with E-state index in [0.29, 0.717) is 6.54 Å². The summed E-state index contributed by atoms with van der Waals surface area (Å²) in [6.07, 6.45) is 0. The third kappa shape index (κ3) is 4.59. The van der Waals surface area contributed by atoms with Crippen molar-refractivity contribution in [3.05, 3.63) is 16.1 Å². The Hall–Kier alpha value is -0.650. The van der Waals surface area contributed by atoms with E-state index in [2.05, 4.69) is 15.6 Å². The highest BCUT2D eigenvalue weighted by Crippen LogP contribution is 2.07. The van der Waals surface area contributed by atoms with E-state index in [4.69, 9.17) is 0 Å². The molecular weight excluding hydrogens is 234 g/mol. The molecule has 0 aliphatic heterocycles. The second kappa shape index (κ2) is 6.76. The van der Waals surface area contributed by atoms with Crippen LogP contribution in [0.4, 0.5) is 0 Å². The van der Waals surface area contributed by atoms with Gasteiger partial charge in [-0.25, -0.2) is 4.98 Å². The molecule has 2 N–H and O–H groups in total. The van der Waals surface area contributed by atoms with E-state index in [1.54, 1.807) is 18.4 Å². The van der Waals surface area contributed by atoms with Gasteiger partial charge in [0.05, 0.1) is 6.04 Å². The molecule has 0 fully saturated rings. The number of nitrogens with one attached hydrogen (secondary N) is 2. The highest BCUT2D eigenvalue weighted by Gasteiger charge is 2.10. The normalized spacial score (nSPS) is 11.7. The van der Waals surface area contributed by atoms with E-state index < -0.39 is 0 Å². The third-order valence-electron chi connectivity index (χ3n) is 1.87. The predicted octanol–water partition coefficient (Wildman–Crippen LogP) is 1.10. The molecule has 1 rings (SSSR count). The highest BCUT2D eigenvalue weighted by molar-refractivity contribution is 7.09. The molecule has 0 radical (unpaired) electrons. The Morgan fingerprint density at radius 2 is 2.33 bits per heavy atom. The van der Waals surface area contributed by atoms with Gasteiger partial charge in [-0.3, -0.25) is 10.1 Å². The summed E-state index contributed by atoms with van der Waals surface area (Å²) in [5.41, 5.74) is 1.03.